The number of nitrogens with one attached hydrogen (secondary N) is 1. The SMILES string of the molecule is CCC1CC(NC(C)c2ccc(C)s2)CCO1. The Morgan fingerprint density at radius 1 is 1.53 bits per heavy atom. The maximum Gasteiger partial charge on any atom is 0.0587 e. The van der Waals surface area contributed by atoms with Gasteiger partial charge in [-0.15, -0.1) is 11.3 Å². The van der Waals surface area contributed by atoms with Crippen LogP contribution < -0.4 is 5.32 Å². The van der Waals surface area contributed by atoms with Crippen LogP contribution in [0.25, 0.3) is 0 Å². The second-order valence-electron chi connectivity index (χ2n) is 4.96. The number of hydrogen-bond donors (Lipinski definition) is 1. The third-order valence-electron chi connectivity index (χ3n) is 3.50. The van der Waals surface area contributed by atoms with Gasteiger partial charge in [0, 0.05) is 28.4 Å². The number of ether oxygens (including phenoxy) is 1. The summed E-state index contributed by atoms with van der Waals surface area (Å²) >= 11 is 1.90. The molecule has 1 fully saturated rings. The van der Waals surface area contributed by atoms with Gasteiger partial charge in [0.05, 0.1) is 6.10 Å². The molecule has 0 saturated carbocycles. The average Bonchev–Trinajstić information content (AvgIpc) is 2.76. The average molecular weight is 253 g/mol. The molecule has 0 amide bonds. The molecular weight excluding hydrogens is 230 g/mol. The van der Waals surface area contributed by atoms with Gasteiger partial charge < -0.3 is 10.1 Å². The summed E-state index contributed by atoms with van der Waals surface area (Å²) in [4.78, 5) is 2.84. The van der Waals surface area contributed by atoms with Crippen molar-refractivity contribution < 1.29 is 4.74 Å². The normalized spacial score (nSPS) is 27.0. The first kappa shape index (κ1) is 13.1. The van der Waals surface area contributed by atoms with Gasteiger partial charge in [-0.3, -0.25) is 0 Å². The van der Waals surface area contributed by atoms with Gasteiger partial charge in [0.25, 0.3) is 0 Å². The molecule has 0 bridgehead atoms. The Hall–Kier alpha value is -0.380. The van der Waals surface area contributed by atoms with Crippen LogP contribution in [0.5, 0.6) is 0 Å². The summed E-state index contributed by atoms with van der Waals surface area (Å²) in [6.07, 6.45) is 3.89. The summed E-state index contributed by atoms with van der Waals surface area (Å²) in [5, 5.41) is 3.74. The first-order chi connectivity index (χ1) is 8.19. The lowest BCUT2D eigenvalue weighted by Crippen LogP contribution is -2.39. The first-order valence-electron chi connectivity index (χ1n) is 6.63. The Kier molecular flexibility index (Phi) is 4.60. The monoisotopic (exact) mass is 253 g/mol. The van der Waals surface area contributed by atoms with Crippen LogP contribution in [0.15, 0.2) is 12.1 Å². The zero-order valence-electron chi connectivity index (χ0n) is 11.0. The van der Waals surface area contributed by atoms with Crippen LogP contribution in [0.1, 0.15) is 48.9 Å². The van der Waals surface area contributed by atoms with Crippen molar-refractivity contribution in [1.29, 1.82) is 0 Å². The van der Waals surface area contributed by atoms with Crippen molar-refractivity contribution >= 4 is 11.3 Å². The van der Waals surface area contributed by atoms with Crippen LogP contribution in [0, 0.1) is 6.92 Å². The van der Waals surface area contributed by atoms with Gasteiger partial charge in [-0.2, -0.15) is 0 Å². The van der Waals surface area contributed by atoms with E-state index in [2.05, 4.69) is 38.2 Å². The molecule has 3 heteroatoms. The lowest BCUT2D eigenvalue weighted by molar-refractivity contribution is -0.00159. The third-order valence-corrected chi connectivity index (χ3v) is 4.68. The van der Waals surface area contributed by atoms with Crippen molar-refractivity contribution in [3.8, 4) is 0 Å². The Morgan fingerprint density at radius 3 is 3.00 bits per heavy atom. The zero-order valence-corrected chi connectivity index (χ0v) is 11.8. The van der Waals surface area contributed by atoms with Crippen LogP contribution in [0.2, 0.25) is 0 Å². The van der Waals surface area contributed by atoms with Crippen LogP contribution in [-0.2, 0) is 4.74 Å². The first-order valence-corrected chi connectivity index (χ1v) is 7.44. The maximum atomic E-state index is 5.71. The van der Waals surface area contributed by atoms with E-state index in [1.807, 2.05) is 11.3 Å². The van der Waals surface area contributed by atoms with Crippen molar-refractivity contribution in [2.45, 2.75) is 58.2 Å². The molecule has 1 aromatic rings. The molecule has 1 aliphatic heterocycles. The van der Waals surface area contributed by atoms with Crippen LogP contribution in [-0.4, -0.2) is 18.8 Å². The maximum absolute atomic E-state index is 5.71. The molecule has 1 saturated heterocycles. The molecule has 1 aliphatic rings. The molecule has 0 aromatic carbocycles. The summed E-state index contributed by atoms with van der Waals surface area (Å²) in [5.74, 6) is 0. The van der Waals surface area contributed by atoms with Gasteiger partial charge in [0.1, 0.15) is 0 Å². The summed E-state index contributed by atoms with van der Waals surface area (Å²) in [5.41, 5.74) is 0. The minimum atomic E-state index is 0.457. The van der Waals surface area contributed by atoms with E-state index in [1.165, 1.54) is 9.75 Å². The van der Waals surface area contributed by atoms with E-state index in [0.717, 1.165) is 25.9 Å². The quantitative estimate of drug-likeness (QED) is 0.884. The van der Waals surface area contributed by atoms with Crippen molar-refractivity contribution in [3.05, 3.63) is 21.9 Å². The predicted octanol–water partition coefficient (Wildman–Crippen LogP) is 3.66. The van der Waals surface area contributed by atoms with Gasteiger partial charge in [0.2, 0.25) is 0 Å². The van der Waals surface area contributed by atoms with Crippen molar-refractivity contribution in [1.82, 2.24) is 5.32 Å². The Morgan fingerprint density at radius 2 is 2.35 bits per heavy atom. The number of thiophene rings is 1. The molecule has 2 nitrogen and oxygen atoms in total. The Balaban J connectivity index is 1.87. The van der Waals surface area contributed by atoms with E-state index in [-0.39, 0.29) is 0 Å². The Labute approximate surface area is 108 Å². The lowest BCUT2D eigenvalue weighted by atomic mass is 10.0. The van der Waals surface area contributed by atoms with Crippen molar-refractivity contribution in [2.24, 2.45) is 0 Å². The molecule has 2 heterocycles. The second kappa shape index (κ2) is 5.98. The summed E-state index contributed by atoms with van der Waals surface area (Å²) in [7, 11) is 0. The fraction of sp³-hybridized carbons (Fsp3) is 0.714. The highest BCUT2D eigenvalue weighted by Crippen LogP contribution is 2.25. The predicted molar refractivity (Wildman–Crippen MR) is 73.7 cm³/mol. The summed E-state index contributed by atoms with van der Waals surface area (Å²) in [6, 6.07) is 5.53. The second-order valence-corrected chi connectivity index (χ2v) is 6.28. The summed E-state index contributed by atoms with van der Waals surface area (Å²) < 4.78 is 5.71. The number of rotatable bonds is 4. The van der Waals surface area contributed by atoms with E-state index >= 15 is 0 Å². The zero-order chi connectivity index (χ0) is 12.3. The highest BCUT2D eigenvalue weighted by molar-refractivity contribution is 7.12. The van der Waals surface area contributed by atoms with Crippen molar-refractivity contribution in [3.63, 3.8) is 0 Å². The smallest absolute Gasteiger partial charge is 0.0587 e. The lowest BCUT2D eigenvalue weighted by Gasteiger charge is -2.31. The number of aryl methyl sites for hydroxylation is 1. The molecule has 0 spiro atoms. The molecule has 1 aromatic heterocycles. The van der Waals surface area contributed by atoms with Gasteiger partial charge in [-0.25, -0.2) is 0 Å². The van der Waals surface area contributed by atoms with Gasteiger partial charge in [-0.1, -0.05) is 6.92 Å². The van der Waals surface area contributed by atoms with E-state index in [9.17, 15) is 0 Å². The van der Waals surface area contributed by atoms with Gasteiger partial charge in [0.15, 0.2) is 0 Å². The fourth-order valence-electron chi connectivity index (χ4n) is 2.44. The van der Waals surface area contributed by atoms with Crippen molar-refractivity contribution in [2.75, 3.05) is 6.61 Å². The topological polar surface area (TPSA) is 21.3 Å². The van der Waals surface area contributed by atoms with Gasteiger partial charge in [-0.05, 0) is 45.2 Å². The molecule has 2 rings (SSSR count). The molecule has 17 heavy (non-hydrogen) atoms. The highest BCUT2D eigenvalue weighted by atomic mass is 32.1. The van der Waals surface area contributed by atoms with Crippen LogP contribution in [0.4, 0.5) is 0 Å². The van der Waals surface area contributed by atoms with Crippen LogP contribution in [0.3, 0.4) is 0 Å². The van der Waals surface area contributed by atoms with E-state index in [4.69, 9.17) is 4.74 Å². The molecule has 3 unspecified atom stereocenters. The van der Waals surface area contributed by atoms with Gasteiger partial charge >= 0.3 is 0 Å². The van der Waals surface area contributed by atoms with E-state index < -0.39 is 0 Å². The molecule has 96 valence electrons. The molecular formula is C14H23NOS. The van der Waals surface area contributed by atoms with E-state index in [1.54, 1.807) is 0 Å². The fourth-order valence-corrected chi connectivity index (χ4v) is 3.33. The van der Waals surface area contributed by atoms with Crippen LogP contribution >= 0.6 is 11.3 Å². The minimum Gasteiger partial charge on any atom is -0.378 e. The molecule has 0 radical (unpaired) electrons. The largest absolute Gasteiger partial charge is 0.378 e. The molecule has 3 atom stereocenters. The molecule has 0 aliphatic carbocycles. The third kappa shape index (κ3) is 3.54. The number of hydrogen-bond acceptors (Lipinski definition) is 3. The molecule has 1 N–H and O–H groups in total. The van der Waals surface area contributed by atoms with E-state index in [0.29, 0.717) is 18.2 Å². The minimum absolute atomic E-state index is 0.457. The summed E-state index contributed by atoms with van der Waals surface area (Å²) in [6.45, 7) is 7.55. The standard InChI is InChI=1S/C14H23NOS/c1-4-13-9-12(7-8-16-13)15-11(3)14-6-5-10(2)17-14/h5-6,11-13,15H,4,7-9H2,1-3H3. The highest BCUT2D eigenvalue weighted by Gasteiger charge is 2.22. The Bertz CT molecular complexity index is 350.